The van der Waals surface area contributed by atoms with Gasteiger partial charge in [-0.15, -0.1) is 6.58 Å². The lowest BCUT2D eigenvalue weighted by Crippen LogP contribution is -2.47. The molecule has 1 aromatic rings. The fraction of sp³-hybridized carbons (Fsp3) is 0.471. The Labute approximate surface area is 115 Å². The lowest BCUT2D eigenvalue weighted by Gasteiger charge is -2.45. The number of hydrogen-bond acceptors (Lipinski definition) is 2. The van der Waals surface area contributed by atoms with Gasteiger partial charge in [-0.05, 0) is 24.3 Å². The van der Waals surface area contributed by atoms with Crippen LogP contribution in [0.25, 0.3) is 0 Å². The molecule has 0 amide bonds. The molecule has 1 heterocycles. The van der Waals surface area contributed by atoms with Gasteiger partial charge in [0.15, 0.2) is 0 Å². The van der Waals surface area contributed by atoms with Crippen LogP contribution in [0.4, 0.5) is 0 Å². The largest absolute Gasteiger partial charge is 0.458 e. The van der Waals surface area contributed by atoms with Gasteiger partial charge in [-0.3, -0.25) is 4.79 Å². The Morgan fingerprint density at radius 3 is 2.53 bits per heavy atom. The fourth-order valence-corrected chi connectivity index (χ4v) is 3.09. The molecule has 1 aliphatic rings. The molecule has 1 aliphatic heterocycles. The van der Waals surface area contributed by atoms with Gasteiger partial charge in [-0.2, -0.15) is 0 Å². The number of hydrogen-bond donors (Lipinski definition) is 0. The number of cyclic esters (lactones) is 1. The van der Waals surface area contributed by atoms with Crippen LogP contribution < -0.4 is 0 Å². The molecule has 2 heteroatoms. The first-order valence-electron chi connectivity index (χ1n) is 6.99. The SMILES string of the molecule is C=C[C@H](c1ccccc1)[C@]1(C(C)C)CCCC(=O)O1. The minimum Gasteiger partial charge on any atom is -0.458 e. The van der Waals surface area contributed by atoms with Gasteiger partial charge < -0.3 is 4.74 Å². The van der Waals surface area contributed by atoms with Crippen molar-refractivity contribution in [2.24, 2.45) is 5.92 Å². The van der Waals surface area contributed by atoms with Crippen molar-refractivity contribution in [3.63, 3.8) is 0 Å². The first kappa shape index (κ1) is 13.9. The second-order valence-electron chi connectivity index (χ2n) is 5.56. The van der Waals surface area contributed by atoms with Gasteiger partial charge in [0, 0.05) is 12.3 Å². The Balaban J connectivity index is 2.42. The van der Waals surface area contributed by atoms with Crippen LogP contribution in [0, 0.1) is 5.92 Å². The summed E-state index contributed by atoms with van der Waals surface area (Å²) >= 11 is 0. The van der Waals surface area contributed by atoms with Crippen LogP contribution in [0.1, 0.15) is 44.6 Å². The number of benzene rings is 1. The molecule has 1 aromatic carbocycles. The van der Waals surface area contributed by atoms with E-state index in [0.717, 1.165) is 12.8 Å². The molecular weight excluding hydrogens is 236 g/mol. The summed E-state index contributed by atoms with van der Waals surface area (Å²) < 4.78 is 5.83. The summed E-state index contributed by atoms with van der Waals surface area (Å²) in [5.74, 6) is 0.237. The second kappa shape index (κ2) is 5.60. The van der Waals surface area contributed by atoms with Gasteiger partial charge in [-0.1, -0.05) is 50.3 Å². The summed E-state index contributed by atoms with van der Waals surface area (Å²) in [6.45, 7) is 8.22. The lowest BCUT2D eigenvalue weighted by molar-refractivity contribution is -0.175. The highest BCUT2D eigenvalue weighted by Gasteiger charge is 2.46. The summed E-state index contributed by atoms with van der Waals surface area (Å²) in [6, 6.07) is 10.2. The van der Waals surface area contributed by atoms with Crippen molar-refractivity contribution in [1.29, 1.82) is 0 Å². The van der Waals surface area contributed by atoms with Crippen LogP contribution in [-0.2, 0) is 9.53 Å². The van der Waals surface area contributed by atoms with E-state index in [4.69, 9.17) is 4.74 Å². The van der Waals surface area contributed by atoms with E-state index in [1.807, 2.05) is 24.3 Å². The summed E-state index contributed by atoms with van der Waals surface area (Å²) in [4.78, 5) is 11.8. The number of rotatable bonds is 4. The molecule has 2 rings (SSSR count). The van der Waals surface area contributed by atoms with Gasteiger partial charge in [0.1, 0.15) is 5.60 Å². The molecule has 19 heavy (non-hydrogen) atoms. The van der Waals surface area contributed by atoms with E-state index in [-0.39, 0.29) is 17.8 Å². The van der Waals surface area contributed by atoms with E-state index in [2.05, 4.69) is 32.6 Å². The predicted molar refractivity (Wildman–Crippen MR) is 76.9 cm³/mol. The summed E-state index contributed by atoms with van der Waals surface area (Å²) in [6.07, 6.45) is 4.26. The highest BCUT2D eigenvalue weighted by atomic mass is 16.6. The lowest BCUT2D eigenvalue weighted by atomic mass is 9.71. The normalized spacial score (nSPS) is 24.9. The minimum absolute atomic E-state index is 0.0537. The quantitative estimate of drug-likeness (QED) is 0.601. The highest BCUT2D eigenvalue weighted by molar-refractivity contribution is 5.71. The average molecular weight is 258 g/mol. The molecule has 0 N–H and O–H groups in total. The van der Waals surface area contributed by atoms with Crippen molar-refractivity contribution in [3.05, 3.63) is 48.6 Å². The highest BCUT2D eigenvalue weighted by Crippen LogP contribution is 2.44. The first-order chi connectivity index (χ1) is 9.10. The molecule has 0 aromatic heterocycles. The zero-order chi connectivity index (χ0) is 13.9. The first-order valence-corrected chi connectivity index (χ1v) is 6.99. The Kier molecular flexibility index (Phi) is 4.08. The Hall–Kier alpha value is -1.57. The molecule has 0 radical (unpaired) electrons. The molecule has 0 aliphatic carbocycles. The topological polar surface area (TPSA) is 26.3 Å². The van der Waals surface area contributed by atoms with Crippen LogP contribution in [0.2, 0.25) is 0 Å². The average Bonchev–Trinajstić information content (AvgIpc) is 2.40. The number of carbonyl (C=O) groups excluding carboxylic acids is 1. The van der Waals surface area contributed by atoms with Gasteiger partial charge in [0.05, 0.1) is 0 Å². The summed E-state index contributed by atoms with van der Waals surface area (Å²) in [5.41, 5.74) is 0.722. The van der Waals surface area contributed by atoms with E-state index >= 15 is 0 Å². The van der Waals surface area contributed by atoms with E-state index in [1.165, 1.54) is 5.56 Å². The van der Waals surface area contributed by atoms with Gasteiger partial charge >= 0.3 is 5.97 Å². The molecule has 0 bridgehead atoms. The predicted octanol–water partition coefficient (Wildman–Crippen LogP) is 4.08. The standard InChI is InChI=1S/C17H22O2/c1-4-15(14-9-6-5-7-10-14)17(13(2)3)12-8-11-16(18)19-17/h4-7,9-10,13,15H,1,8,11-12H2,2-3H3/t15-,17-/m1/s1. The van der Waals surface area contributed by atoms with Gasteiger partial charge in [0.25, 0.3) is 0 Å². The van der Waals surface area contributed by atoms with E-state index in [9.17, 15) is 4.79 Å². The van der Waals surface area contributed by atoms with Crippen molar-refractivity contribution < 1.29 is 9.53 Å². The monoisotopic (exact) mass is 258 g/mol. The molecule has 0 unspecified atom stereocenters. The number of esters is 1. The van der Waals surface area contributed by atoms with Crippen LogP contribution in [0.5, 0.6) is 0 Å². The van der Waals surface area contributed by atoms with Crippen molar-refractivity contribution in [2.75, 3.05) is 0 Å². The van der Waals surface area contributed by atoms with E-state index in [1.54, 1.807) is 0 Å². The van der Waals surface area contributed by atoms with E-state index in [0.29, 0.717) is 6.42 Å². The number of ether oxygens (including phenoxy) is 1. The fourth-order valence-electron chi connectivity index (χ4n) is 3.09. The second-order valence-corrected chi connectivity index (χ2v) is 5.56. The molecule has 2 atom stereocenters. The van der Waals surface area contributed by atoms with Crippen molar-refractivity contribution in [2.45, 2.75) is 44.6 Å². The minimum atomic E-state index is -0.446. The van der Waals surface area contributed by atoms with Gasteiger partial charge in [0.2, 0.25) is 0 Å². The third-order valence-electron chi connectivity index (χ3n) is 4.15. The van der Waals surface area contributed by atoms with E-state index < -0.39 is 5.60 Å². The summed E-state index contributed by atoms with van der Waals surface area (Å²) in [7, 11) is 0. The maximum atomic E-state index is 11.8. The Morgan fingerprint density at radius 1 is 1.32 bits per heavy atom. The Bertz CT molecular complexity index is 450. The maximum absolute atomic E-state index is 11.8. The molecule has 0 spiro atoms. The zero-order valence-corrected chi connectivity index (χ0v) is 11.8. The third kappa shape index (κ3) is 2.58. The third-order valence-corrected chi connectivity index (χ3v) is 4.15. The molecule has 1 saturated heterocycles. The van der Waals surface area contributed by atoms with Crippen LogP contribution >= 0.6 is 0 Å². The molecule has 1 fully saturated rings. The zero-order valence-electron chi connectivity index (χ0n) is 11.8. The smallest absolute Gasteiger partial charge is 0.306 e. The maximum Gasteiger partial charge on any atom is 0.306 e. The molecule has 102 valence electrons. The molecule has 0 saturated carbocycles. The van der Waals surface area contributed by atoms with Gasteiger partial charge in [-0.25, -0.2) is 0 Å². The van der Waals surface area contributed by atoms with Crippen LogP contribution in [0.15, 0.2) is 43.0 Å². The van der Waals surface area contributed by atoms with Crippen molar-refractivity contribution in [1.82, 2.24) is 0 Å². The molecule has 2 nitrogen and oxygen atoms in total. The van der Waals surface area contributed by atoms with Crippen LogP contribution in [-0.4, -0.2) is 11.6 Å². The Morgan fingerprint density at radius 2 is 2.00 bits per heavy atom. The van der Waals surface area contributed by atoms with Crippen molar-refractivity contribution >= 4 is 5.97 Å². The van der Waals surface area contributed by atoms with Crippen LogP contribution in [0.3, 0.4) is 0 Å². The van der Waals surface area contributed by atoms with Crippen molar-refractivity contribution in [3.8, 4) is 0 Å². The summed E-state index contributed by atoms with van der Waals surface area (Å²) in [5, 5.41) is 0. The molecular formula is C17H22O2. The number of carbonyl (C=O) groups is 1.